The fourth-order valence-electron chi connectivity index (χ4n) is 4.16. The van der Waals surface area contributed by atoms with Crippen LogP contribution in [-0.4, -0.2) is 57.5 Å². The third-order valence-corrected chi connectivity index (χ3v) is 7.21. The first-order valence-electron chi connectivity index (χ1n) is 10.9. The van der Waals surface area contributed by atoms with Crippen LogP contribution in [0.4, 0.5) is 5.69 Å². The minimum Gasteiger partial charge on any atom is -0.382 e. The molecule has 0 radical (unpaired) electrons. The summed E-state index contributed by atoms with van der Waals surface area (Å²) in [7, 11) is -2.17. The lowest BCUT2D eigenvalue weighted by atomic mass is 10.1. The number of rotatable bonds is 7. The summed E-state index contributed by atoms with van der Waals surface area (Å²) in [5, 5.41) is 5.98. The lowest BCUT2D eigenvalue weighted by Gasteiger charge is -2.34. The Labute approximate surface area is 203 Å². The van der Waals surface area contributed by atoms with E-state index < -0.39 is 10.0 Å². The zero-order chi connectivity index (χ0) is 24.5. The highest BCUT2D eigenvalue weighted by Gasteiger charge is 2.21. The standard InChI is InChI=1S/C23H27ClN4O5S/c1-15-26-22-11-17(27-9-10-33-18(13-27)14-32-2)4-6-20(22)23(29)28(15)8-7-16-3-5-19(12-21(16)24)34(25,30)31/h3-6,11-12,18H,7-10,13-14H2,1-2H3,(H2,25,30,31)/t18-/m1/s1. The summed E-state index contributed by atoms with van der Waals surface area (Å²) < 4.78 is 35.6. The number of nitrogens with two attached hydrogens (primary N) is 1. The lowest BCUT2D eigenvalue weighted by Crippen LogP contribution is -2.44. The second kappa shape index (κ2) is 10.0. The van der Waals surface area contributed by atoms with E-state index in [0.717, 1.165) is 12.2 Å². The number of nitrogens with zero attached hydrogens (tertiary/aromatic N) is 3. The van der Waals surface area contributed by atoms with Crippen molar-refractivity contribution in [3.05, 3.63) is 63.2 Å². The molecule has 1 saturated heterocycles. The fraction of sp³-hybridized carbons (Fsp3) is 0.391. The van der Waals surface area contributed by atoms with Crippen LogP contribution in [0, 0.1) is 6.92 Å². The summed E-state index contributed by atoms with van der Waals surface area (Å²) >= 11 is 6.25. The van der Waals surface area contributed by atoms with Crippen LogP contribution >= 0.6 is 11.6 Å². The highest BCUT2D eigenvalue weighted by Crippen LogP contribution is 2.23. The number of aryl methyl sites for hydroxylation is 2. The number of methoxy groups -OCH3 is 1. The summed E-state index contributed by atoms with van der Waals surface area (Å²) in [5.41, 5.74) is 2.21. The Balaban J connectivity index is 1.57. The Kier molecular flexibility index (Phi) is 7.25. The van der Waals surface area contributed by atoms with Crippen LogP contribution in [0.15, 0.2) is 46.1 Å². The molecule has 2 N–H and O–H groups in total. The molecule has 1 aliphatic heterocycles. The van der Waals surface area contributed by atoms with Gasteiger partial charge in [-0.2, -0.15) is 0 Å². The zero-order valence-corrected chi connectivity index (χ0v) is 20.6. The maximum atomic E-state index is 13.2. The maximum absolute atomic E-state index is 13.2. The van der Waals surface area contributed by atoms with Crippen LogP contribution in [0.1, 0.15) is 11.4 Å². The van der Waals surface area contributed by atoms with Crippen molar-refractivity contribution in [3.63, 3.8) is 0 Å². The van der Waals surface area contributed by atoms with E-state index in [4.69, 9.17) is 26.2 Å². The van der Waals surface area contributed by atoms with Crippen molar-refractivity contribution in [1.29, 1.82) is 0 Å². The van der Waals surface area contributed by atoms with Crippen LogP contribution in [0.25, 0.3) is 10.9 Å². The van der Waals surface area contributed by atoms with Crippen molar-refractivity contribution in [2.24, 2.45) is 5.14 Å². The highest BCUT2D eigenvalue weighted by molar-refractivity contribution is 7.89. The molecule has 9 nitrogen and oxygen atoms in total. The van der Waals surface area contributed by atoms with Crippen LogP contribution in [-0.2, 0) is 32.5 Å². The molecular weight excluding hydrogens is 480 g/mol. The molecular formula is C23H27ClN4O5S. The first kappa shape index (κ1) is 24.6. The van der Waals surface area contributed by atoms with E-state index in [9.17, 15) is 13.2 Å². The molecule has 1 fully saturated rings. The fourth-order valence-corrected chi connectivity index (χ4v) is 5.04. The number of hydrogen-bond acceptors (Lipinski definition) is 7. The molecule has 0 unspecified atom stereocenters. The minimum atomic E-state index is -3.83. The molecule has 1 atom stereocenters. The molecule has 182 valence electrons. The summed E-state index contributed by atoms with van der Waals surface area (Å²) in [6.45, 7) is 4.75. The number of fused-ring (bicyclic) bond motifs is 1. The number of morpholine rings is 1. The summed E-state index contributed by atoms with van der Waals surface area (Å²) in [6, 6.07) is 10.0. The van der Waals surface area contributed by atoms with Crippen LogP contribution < -0.4 is 15.6 Å². The van der Waals surface area contributed by atoms with Gasteiger partial charge in [0, 0.05) is 37.5 Å². The summed E-state index contributed by atoms with van der Waals surface area (Å²) in [5.74, 6) is 0.589. The maximum Gasteiger partial charge on any atom is 0.261 e. The van der Waals surface area contributed by atoms with E-state index in [-0.39, 0.29) is 21.6 Å². The average Bonchev–Trinajstić information content (AvgIpc) is 2.79. The molecule has 2 aromatic carbocycles. The summed E-state index contributed by atoms with van der Waals surface area (Å²) in [4.78, 5) is 20.1. The smallest absolute Gasteiger partial charge is 0.261 e. The second-order valence-electron chi connectivity index (χ2n) is 8.26. The molecule has 34 heavy (non-hydrogen) atoms. The van der Waals surface area contributed by atoms with Gasteiger partial charge >= 0.3 is 0 Å². The van der Waals surface area contributed by atoms with Crippen molar-refractivity contribution in [3.8, 4) is 0 Å². The topological polar surface area (TPSA) is 117 Å². The molecule has 0 aliphatic carbocycles. The Hall–Kier alpha value is -2.50. The van der Waals surface area contributed by atoms with E-state index in [0.29, 0.717) is 55.0 Å². The third kappa shape index (κ3) is 5.26. The Morgan fingerprint density at radius 2 is 2.06 bits per heavy atom. The zero-order valence-electron chi connectivity index (χ0n) is 19.0. The molecule has 3 aromatic rings. The molecule has 11 heteroatoms. The number of sulfonamides is 1. The van der Waals surface area contributed by atoms with Crippen LogP contribution in [0.5, 0.6) is 0 Å². The number of hydrogen-bond donors (Lipinski definition) is 1. The molecule has 2 heterocycles. The van der Waals surface area contributed by atoms with Gasteiger partial charge in [-0.3, -0.25) is 9.36 Å². The molecule has 0 bridgehead atoms. The number of aromatic nitrogens is 2. The van der Waals surface area contributed by atoms with Crippen LogP contribution in [0.3, 0.4) is 0 Å². The normalized spacial score (nSPS) is 16.8. The third-order valence-electron chi connectivity index (χ3n) is 5.94. The Bertz CT molecular complexity index is 1370. The molecule has 0 saturated carbocycles. The van der Waals surface area contributed by atoms with Crippen molar-refractivity contribution in [2.45, 2.75) is 30.9 Å². The number of halogens is 1. The van der Waals surface area contributed by atoms with Gasteiger partial charge in [0.15, 0.2) is 0 Å². The van der Waals surface area contributed by atoms with Gasteiger partial charge < -0.3 is 14.4 Å². The second-order valence-corrected chi connectivity index (χ2v) is 10.2. The van der Waals surface area contributed by atoms with Gasteiger partial charge in [-0.25, -0.2) is 18.5 Å². The predicted molar refractivity (Wildman–Crippen MR) is 131 cm³/mol. The SMILES string of the molecule is COC[C@H]1CN(c2ccc3c(=O)n(CCc4ccc(S(N)(=O)=O)cc4Cl)c(C)nc3c2)CCO1. The van der Waals surface area contributed by atoms with Crippen molar-refractivity contribution < 1.29 is 17.9 Å². The van der Waals surface area contributed by atoms with Gasteiger partial charge in [-0.1, -0.05) is 17.7 Å². The molecule has 1 aliphatic rings. The molecule has 0 amide bonds. The largest absolute Gasteiger partial charge is 0.382 e. The first-order valence-corrected chi connectivity index (χ1v) is 12.8. The van der Waals surface area contributed by atoms with Gasteiger partial charge in [-0.05, 0) is 49.2 Å². The molecule has 1 aromatic heterocycles. The Morgan fingerprint density at radius 1 is 1.26 bits per heavy atom. The molecule has 0 spiro atoms. The van der Waals surface area contributed by atoms with E-state index in [2.05, 4.69) is 9.88 Å². The van der Waals surface area contributed by atoms with E-state index >= 15 is 0 Å². The van der Waals surface area contributed by atoms with E-state index in [1.807, 2.05) is 18.2 Å². The highest BCUT2D eigenvalue weighted by atomic mass is 35.5. The quantitative estimate of drug-likeness (QED) is 0.521. The number of primary sulfonamides is 1. The van der Waals surface area contributed by atoms with Gasteiger partial charge in [0.1, 0.15) is 5.82 Å². The van der Waals surface area contributed by atoms with Crippen molar-refractivity contribution >= 4 is 38.2 Å². The van der Waals surface area contributed by atoms with Gasteiger partial charge in [0.05, 0.1) is 35.1 Å². The molecule has 4 rings (SSSR count). The van der Waals surface area contributed by atoms with E-state index in [1.54, 1.807) is 24.7 Å². The lowest BCUT2D eigenvalue weighted by molar-refractivity contribution is -0.0100. The van der Waals surface area contributed by atoms with Gasteiger partial charge in [0.2, 0.25) is 10.0 Å². The first-order chi connectivity index (χ1) is 16.2. The number of ether oxygens (including phenoxy) is 2. The van der Waals surface area contributed by atoms with Crippen molar-refractivity contribution in [1.82, 2.24) is 9.55 Å². The van der Waals surface area contributed by atoms with Gasteiger partial charge in [-0.15, -0.1) is 0 Å². The summed E-state index contributed by atoms with van der Waals surface area (Å²) in [6.07, 6.45) is 0.438. The van der Waals surface area contributed by atoms with Crippen LogP contribution in [0.2, 0.25) is 5.02 Å². The average molecular weight is 507 g/mol. The monoisotopic (exact) mass is 506 g/mol. The predicted octanol–water partition coefficient (Wildman–Crippen LogP) is 2.10. The number of benzene rings is 2. The Morgan fingerprint density at radius 3 is 2.76 bits per heavy atom. The number of anilines is 1. The van der Waals surface area contributed by atoms with Gasteiger partial charge in [0.25, 0.3) is 5.56 Å². The van der Waals surface area contributed by atoms with Crippen molar-refractivity contribution in [2.75, 3.05) is 38.3 Å². The minimum absolute atomic E-state index is 0.00277. The van der Waals surface area contributed by atoms with E-state index in [1.165, 1.54) is 12.1 Å².